The van der Waals surface area contributed by atoms with E-state index in [0.29, 0.717) is 11.6 Å². The minimum Gasteiger partial charge on any atom is -0.377 e. The number of nitro benzene ring substituents is 1. The summed E-state index contributed by atoms with van der Waals surface area (Å²) in [6, 6.07) is 3.94. The zero-order chi connectivity index (χ0) is 14.8. The van der Waals surface area contributed by atoms with Crippen molar-refractivity contribution in [2.75, 3.05) is 11.6 Å². The minimum absolute atomic E-state index is 0.0442. The second-order valence-electron chi connectivity index (χ2n) is 4.89. The van der Waals surface area contributed by atoms with Gasteiger partial charge < -0.3 is 5.32 Å². The lowest BCUT2D eigenvalue weighted by Crippen LogP contribution is -2.22. The summed E-state index contributed by atoms with van der Waals surface area (Å²) < 4.78 is 22.8. The Morgan fingerprint density at radius 3 is 2.26 bits per heavy atom. The Kier molecular flexibility index (Phi) is 4.52. The molecule has 7 heteroatoms. The van der Waals surface area contributed by atoms with Gasteiger partial charge in [0.2, 0.25) is 0 Å². The summed E-state index contributed by atoms with van der Waals surface area (Å²) in [6.45, 7) is 5.90. The van der Waals surface area contributed by atoms with Crippen LogP contribution in [0.15, 0.2) is 23.1 Å². The van der Waals surface area contributed by atoms with E-state index in [0.717, 1.165) is 12.3 Å². The molecule has 6 nitrogen and oxygen atoms in total. The van der Waals surface area contributed by atoms with Gasteiger partial charge in [0.1, 0.15) is 5.69 Å². The number of anilines is 1. The van der Waals surface area contributed by atoms with Gasteiger partial charge in [-0.3, -0.25) is 10.1 Å². The lowest BCUT2D eigenvalue weighted by molar-refractivity contribution is -0.384. The molecule has 0 fully saturated rings. The number of nitro groups is 1. The molecule has 0 aromatic heterocycles. The van der Waals surface area contributed by atoms with Crippen LogP contribution in [-0.4, -0.2) is 25.6 Å². The smallest absolute Gasteiger partial charge is 0.293 e. The first-order valence-corrected chi connectivity index (χ1v) is 7.77. The van der Waals surface area contributed by atoms with Crippen LogP contribution in [0, 0.1) is 16.0 Å². The van der Waals surface area contributed by atoms with Crippen molar-refractivity contribution >= 4 is 21.2 Å². The van der Waals surface area contributed by atoms with Crippen LogP contribution in [0.5, 0.6) is 0 Å². The highest BCUT2D eigenvalue weighted by Crippen LogP contribution is 2.28. The van der Waals surface area contributed by atoms with Crippen LogP contribution in [0.25, 0.3) is 0 Å². The van der Waals surface area contributed by atoms with Crippen LogP contribution in [0.3, 0.4) is 0 Å². The van der Waals surface area contributed by atoms with Gasteiger partial charge in [-0.05, 0) is 25.0 Å². The molecule has 0 saturated heterocycles. The molecular formula is C12H18N2O4S. The molecule has 0 aliphatic carbocycles. The molecular weight excluding hydrogens is 268 g/mol. The van der Waals surface area contributed by atoms with Gasteiger partial charge in [-0.2, -0.15) is 0 Å². The fourth-order valence-corrected chi connectivity index (χ4v) is 2.07. The predicted molar refractivity (Wildman–Crippen MR) is 74.1 cm³/mol. The second-order valence-corrected chi connectivity index (χ2v) is 6.90. The molecule has 0 unspecified atom stereocenters. The van der Waals surface area contributed by atoms with E-state index in [-0.39, 0.29) is 16.6 Å². The monoisotopic (exact) mass is 286 g/mol. The normalized spacial score (nSPS) is 13.3. The van der Waals surface area contributed by atoms with Crippen LogP contribution in [0.2, 0.25) is 0 Å². The van der Waals surface area contributed by atoms with Gasteiger partial charge in [0, 0.05) is 18.4 Å². The van der Waals surface area contributed by atoms with Gasteiger partial charge >= 0.3 is 0 Å². The first-order valence-electron chi connectivity index (χ1n) is 5.88. The number of benzene rings is 1. The molecule has 1 N–H and O–H groups in total. The highest BCUT2D eigenvalue weighted by Gasteiger charge is 2.20. The highest BCUT2D eigenvalue weighted by atomic mass is 32.2. The van der Waals surface area contributed by atoms with E-state index in [1.54, 1.807) is 0 Å². The molecule has 1 rings (SSSR count). The molecule has 106 valence electrons. The van der Waals surface area contributed by atoms with Crippen molar-refractivity contribution in [2.24, 2.45) is 5.92 Å². The first-order chi connectivity index (χ1) is 8.62. The predicted octanol–water partition coefficient (Wildman–Crippen LogP) is 2.45. The Balaban J connectivity index is 3.24. The SMILES string of the molecule is CC(C)[C@@H](C)Nc1ccc(S(C)(=O)=O)cc1[N+](=O)[O-]. The quantitative estimate of drug-likeness (QED) is 0.663. The molecule has 0 spiro atoms. The summed E-state index contributed by atoms with van der Waals surface area (Å²) in [7, 11) is -3.45. The summed E-state index contributed by atoms with van der Waals surface area (Å²) in [4.78, 5) is 10.4. The van der Waals surface area contributed by atoms with Crippen molar-refractivity contribution in [2.45, 2.75) is 31.7 Å². The molecule has 0 aliphatic heterocycles. The van der Waals surface area contributed by atoms with Crippen molar-refractivity contribution in [1.29, 1.82) is 0 Å². The number of nitrogens with one attached hydrogen (secondary N) is 1. The summed E-state index contributed by atoms with van der Waals surface area (Å²) in [5.74, 6) is 0.300. The molecule has 0 saturated carbocycles. The Morgan fingerprint density at radius 1 is 1.26 bits per heavy atom. The van der Waals surface area contributed by atoms with Gasteiger partial charge in [-0.15, -0.1) is 0 Å². The van der Waals surface area contributed by atoms with Crippen molar-refractivity contribution in [3.8, 4) is 0 Å². The van der Waals surface area contributed by atoms with Crippen LogP contribution in [0.1, 0.15) is 20.8 Å². The van der Waals surface area contributed by atoms with Crippen molar-refractivity contribution < 1.29 is 13.3 Å². The van der Waals surface area contributed by atoms with E-state index in [1.807, 2.05) is 20.8 Å². The van der Waals surface area contributed by atoms with Gasteiger partial charge in [0.15, 0.2) is 9.84 Å². The Bertz CT molecular complexity index is 581. The fraction of sp³-hybridized carbons (Fsp3) is 0.500. The van der Waals surface area contributed by atoms with Crippen LogP contribution in [-0.2, 0) is 9.84 Å². The molecule has 0 heterocycles. The lowest BCUT2D eigenvalue weighted by atomic mass is 10.1. The van der Waals surface area contributed by atoms with Crippen LogP contribution >= 0.6 is 0 Å². The Labute approximate surface area is 112 Å². The summed E-state index contributed by atoms with van der Waals surface area (Å²) in [5.41, 5.74) is 0.106. The van der Waals surface area contributed by atoms with Gasteiger partial charge in [-0.1, -0.05) is 13.8 Å². The Hall–Kier alpha value is -1.63. The average Bonchev–Trinajstić information content (AvgIpc) is 2.27. The zero-order valence-corrected chi connectivity index (χ0v) is 12.2. The van der Waals surface area contributed by atoms with Gasteiger partial charge in [-0.25, -0.2) is 8.42 Å². The topological polar surface area (TPSA) is 89.3 Å². The van der Waals surface area contributed by atoms with E-state index in [9.17, 15) is 18.5 Å². The average molecular weight is 286 g/mol. The molecule has 0 radical (unpaired) electrons. The maximum Gasteiger partial charge on any atom is 0.293 e. The van der Waals surface area contributed by atoms with Crippen molar-refractivity contribution in [3.63, 3.8) is 0 Å². The summed E-state index contributed by atoms with van der Waals surface area (Å²) in [6.07, 6.45) is 1.02. The van der Waals surface area contributed by atoms with E-state index >= 15 is 0 Å². The third kappa shape index (κ3) is 3.92. The summed E-state index contributed by atoms with van der Waals surface area (Å²) in [5, 5.41) is 14.1. The maximum atomic E-state index is 11.4. The highest BCUT2D eigenvalue weighted by molar-refractivity contribution is 7.90. The molecule has 0 aliphatic rings. The fourth-order valence-electron chi connectivity index (χ4n) is 1.43. The van der Waals surface area contributed by atoms with E-state index in [2.05, 4.69) is 5.32 Å². The maximum absolute atomic E-state index is 11.4. The van der Waals surface area contributed by atoms with Crippen LogP contribution < -0.4 is 5.32 Å². The second kappa shape index (κ2) is 5.56. The largest absolute Gasteiger partial charge is 0.377 e. The zero-order valence-electron chi connectivity index (χ0n) is 11.4. The van der Waals surface area contributed by atoms with Gasteiger partial charge in [0.05, 0.1) is 9.82 Å². The van der Waals surface area contributed by atoms with E-state index < -0.39 is 14.8 Å². The standard InChI is InChI=1S/C12H18N2O4S/c1-8(2)9(3)13-11-6-5-10(19(4,17)18)7-12(11)14(15)16/h5-9,13H,1-4H3/t9-/m1/s1. The molecule has 1 aromatic rings. The third-order valence-corrected chi connectivity index (χ3v) is 4.09. The van der Waals surface area contributed by atoms with Crippen molar-refractivity contribution in [1.82, 2.24) is 0 Å². The van der Waals surface area contributed by atoms with E-state index in [1.165, 1.54) is 12.1 Å². The lowest BCUT2D eigenvalue weighted by Gasteiger charge is -2.18. The van der Waals surface area contributed by atoms with Gasteiger partial charge in [0.25, 0.3) is 5.69 Å². The molecule has 1 atom stereocenters. The first kappa shape index (κ1) is 15.4. The molecule has 0 bridgehead atoms. The Morgan fingerprint density at radius 2 is 1.84 bits per heavy atom. The number of nitrogens with zero attached hydrogens (tertiary/aromatic N) is 1. The third-order valence-electron chi connectivity index (χ3n) is 2.98. The van der Waals surface area contributed by atoms with Crippen molar-refractivity contribution in [3.05, 3.63) is 28.3 Å². The minimum atomic E-state index is -3.45. The molecule has 19 heavy (non-hydrogen) atoms. The molecule has 1 aromatic carbocycles. The number of hydrogen-bond acceptors (Lipinski definition) is 5. The summed E-state index contributed by atoms with van der Waals surface area (Å²) >= 11 is 0. The number of rotatable bonds is 5. The number of sulfone groups is 1. The van der Waals surface area contributed by atoms with Crippen LogP contribution in [0.4, 0.5) is 11.4 Å². The number of hydrogen-bond donors (Lipinski definition) is 1. The van der Waals surface area contributed by atoms with E-state index in [4.69, 9.17) is 0 Å². The molecule has 0 amide bonds.